The largest absolute Gasteiger partial charge is 0.497 e. The van der Waals surface area contributed by atoms with Gasteiger partial charge in [-0.3, -0.25) is 9.25 Å². The van der Waals surface area contributed by atoms with Crippen molar-refractivity contribution in [3.63, 3.8) is 0 Å². The molecule has 3 heterocycles. The van der Waals surface area contributed by atoms with Gasteiger partial charge < -0.3 is 4.74 Å². The molecule has 0 bridgehead atoms. The first-order valence-electron chi connectivity index (χ1n) is 8.33. The van der Waals surface area contributed by atoms with E-state index in [9.17, 15) is 8.42 Å². The molecule has 8 nitrogen and oxygen atoms in total. The van der Waals surface area contributed by atoms with E-state index in [0.29, 0.717) is 24.5 Å². The number of methoxy groups -OCH3 is 1. The molecule has 0 radical (unpaired) electrons. The van der Waals surface area contributed by atoms with Crippen molar-refractivity contribution < 1.29 is 13.2 Å². The summed E-state index contributed by atoms with van der Waals surface area (Å²) in [6.45, 7) is 0.551. The Kier molecular flexibility index (Phi) is 4.23. The van der Waals surface area contributed by atoms with Gasteiger partial charge in [0.2, 0.25) is 0 Å². The minimum Gasteiger partial charge on any atom is -0.497 e. The molecule has 1 aliphatic heterocycles. The average molecular weight is 373 g/mol. The molecule has 1 aromatic carbocycles. The van der Waals surface area contributed by atoms with Crippen molar-refractivity contribution in [3.05, 3.63) is 42.9 Å². The zero-order chi connectivity index (χ0) is 18.1. The van der Waals surface area contributed by atoms with Crippen LogP contribution in [0.2, 0.25) is 0 Å². The van der Waals surface area contributed by atoms with E-state index in [1.807, 2.05) is 41.2 Å². The minimum absolute atomic E-state index is 0.0934. The first kappa shape index (κ1) is 16.8. The summed E-state index contributed by atoms with van der Waals surface area (Å²) >= 11 is 0. The smallest absolute Gasteiger partial charge is 0.166 e. The number of hydrogen-bond donors (Lipinski definition) is 0. The highest BCUT2D eigenvalue weighted by Crippen LogP contribution is 2.23. The molecule has 1 saturated heterocycles. The lowest BCUT2D eigenvalue weighted by molar-refractivity contribution is 0.415. The van der Waals surface area contributed by atoms with Crippen LogP contribution in [-0.4, -0.2) is 51.6 Å². The van der Waals surface area contributed by atoms with Gasteiger partial charge in [0.1, 0.15) is 11.4 Å². The molecule has 1 fully saturated rings. The molecule has 26 heavy (non-hydrogen) atoms. The molecule has 1 atom stereocenters. The summed E-state index contributed by atoms with van der Waals surface area (Å²) in [5, 5.41) is 8.36. The number of sulfone groups is 1. The lowest BCUT2D eigenvalue weighted by Crippen LogP contribution is -2.12. The maximum Gasteiger partial charge on any atom is 0.166 e. The Hall–Kier alpha value is -2.68. The third-order valence-electron chi connectivity index (χ3n) is 4.53. The SMILES string of the molecule is COc1ccc(-n2ccnc2-c2cn(CC3CCS(=O)(=O)C3)nn2)cc1. The first-order valence-corrected chi connectivity index (χ1v) is 10.1. The van der Waals surface area contributed by atoms with E-state index in [2.05, 4.69) is 15.3 Å². The van der Waals surface area contributed by atoms with Crippen molar-refractivity contribution in [1.29, 1.82) is 0 Å². The minimum atomic E-state index is -2.89. The number of imidazole rings is 1. The molecule has 0 amide bonds. The second kappa shape index (κ2) is 6.56. The van der Waals surface area contributed by atoms with E-state index >= 15 is 0 Å². The summed E-state index contributed by atoms with van der Waals surface area (Å²) in [5.41, 5.74) is 1.58. The maximum atomic E-state index is 11.6. The molecule has 9 heteroatoms. The molecule has 1 unspecified atom stereocenters. The van der Waals surface area contributed by atoms with Crippen LogP contribution < -0.4 is 4.74 Å². The number of aromatic nitrogens is 5. The highest BCUT2D eigenvalue weighted by atomic mass is 32.2. The Bertz CT molecular complexity index is 1010. The van der Waals surface area contributed by atoms with Gasteiger partial charge in [0, 0.05) is 24.6 Å². The van der Waals surface area contributed by atoms with Crippen LogP contribution in [0.1, 0.15) is 6.42 Å². The number of benzene rings is 1. The normalized spacial score (nSPS) is 18.9. The molecule has 0 spiro atoms. The van der Waals surface area contributed by atoms with Crippen molar-refractivity contribution in [3.8, 4) is 23.0 Å². The van der Waals surface area contributed by atoms with Gasteiger partial charge in [0.15, 0.2) is 15.7 Å². The van der Waals surface area contributed by atoms with Crippen LogP contribution in [0, 0.1) is 5.92 Å². The number of nitrogens with zero attached hydrogens (tertiary/aromatic N) is 5. The predicted molar refractivity (Wildman–Crippen MR) is 95.9 cm³/mol. The summed E-state index contributed by atoms with van der Waals surface area (Å²) in [6.07, 6.45) is 6.06. The molecule has 0 saturated carbocycles. The fourth-order valence-electron chi connectivity index (χ4n) is 3.21. The fourth-order valence-corrected chi connectivity index (χ4v) is 5.06. The zero-order valence-electron chi connectivity index (χ0n) is 14.3. The standard InChI is InChI=1S/C17H19N5O3S/c1-25-15-4-2-14(3-5-15)22-8-7-18-17(22)16-11-21(20-19-16)10-13-6-9-26(23,24)12-13/h2-5,7-8,11,13H,6,9-10,12H2,1H3. The highest BCUT2D eigenvalue weighted by molar-refractivity contribution is 7.91. The van der Waals surface area contributed by atoms with E-state index in [0.717, 1.165) is 11.4 Å². The lowest BCUT2D eigenvalue weighted by Gasteiger charge is -2.07. The Balaban J connectivity index is 1.56. The van der Waals surface area contributed by atoms with E-state index in [1.54, 1.807) is 18.0 Å². The van der Waals surface area contributed by atoms with Gasteiger partial charge in [-0.05, 0) is 36.6 Å². The summed E-state index contributed by atoms with van der Waals surface area (Å²) in [6, 6.07) is 7.66. The monoisotopic (exact) mass is 373 g/mol. The van der Waals surface area contributed by atoms with Gasteiger partial charge in [-0.15, -0.1) is 5.10 Å². The number of rotatable bonds is 5. The van der Waals surface area contributed by atoms with Crippen molar-refractivity contribution in [2.24, 2.45) is 5.92 Å². The molecule has 0 N–H and O–H groups in total. The number of ether oxygens (including phenoxy) is 1. The topological polar surface area (TPSA) is 91.9 Å². The van der Waals surface area contributed by atoms with E-state index in [4.69, 9.17) is 4.74 Å². The lowest BCUT2D eigenvalue weighted by atomic mass is 10.1. The van der Waals surface area contributed by atoms with E-state index in [1.165, 1.54) is 0 Å². The van der Waals surface area contributed by atoms with Crippen LogP contribution in [0.15, 0.2) is 42.9 Å². The predicted octanol–water partition coefficient (Wildman–Crippen LogP) is 1.57. The molecule has 136 valence electrons. The summed E-state index contributed by atoms with van der Waals surface area (Å²) in [7, 11) is -1.26. The van der Waals surface area contributed by atoms with Crippen LogP contribution in [0.25, 0.3) is 17.2 Å². The maximum absolute atomic E-state index is 11.6. The second-order valence-corrected chi connectivity index (χ2v) is 8.64. The molecule has 1 aliphatic rings. The van der Waals surface area contributed by atoms with Crippen molar-refractivity contribution in [1.82, 2.24) is 24.5 Å². The highest BCUT2D eigenvalue weighted by Gasteiger charge is 2.28. The van der Waals surface area contributed by atoms with Gasteiger partial charge in [-0.2, -0.15) is 0 Å². The van der Waals surface area contributed by atoms with Crippen molar-refractivity contribution in [2.45, 2.75) is 13.0 Å². The van der Waals surface area contributed by atoms with Gasteiger partial charge in [0.25, 0.3) is 0 Å². The fraction of sp³-hybridized carbons (Fsp3) is 0.353. The first-order chi connectivity index (χ1) is 12.5. The van der Waals surface area contributed by atoms with E-state index in [-0.39, 0.29) is 17.4 Å². The van der Waals surface area contributed by atoms with Crippen LogP contribution in [0.3, 0.4) is 0 Å². The Morgan fingerprint density at radius 1 is 1.27 bits per heavy atom. The molecular weight excluding hydrogens is 354 g/mol. The number of hydrogen-bond acceptors (Lipinski definition) is 6. The molecule has 3 aromatic rings. The van der Waals surface area contributed by atoms with Crippen LogP contribution >= 0.6 is 0 Å². The van der Waals surface area contributed by atoms with Crippen LogP contribution in [0.4, 0.5) is 0 Å². The quantitative estimate of drug-likeness (QED) is 0.674. The average Bonchev–Trinajstić information content (AvgIpc) is 3.35. The Morgan fingerprint density at radius 3 is 2.77 bits per heavy atom. The van der Waals surface area contributed by atoms with Gasteiger partial charge in [-0.25, -0.2) is 13.4 Å². The second-order valence-electron chi connectivity index (χ2n) is 6.41. The summed E-state index contributed by atoms with van der Waals surface area (Å²) in [5.74, 6) is 2.05. The third-order valence-corrected chi connectivity index (χ3v) is 6.37. The Labute approximate surface area is 151 Å². The molecule has 0 aliphatic carbocycles. The van der Waals surface area contributed by atoms with Crippen LogP contribution in [0.5, 0.6) is 5.75 Å². The van der Waals surface area contributed by atoms with Gasteiger partial charge in [-0.1, -0.05) is 5.21 Å². The summed E-state index contributed by atoms with van der Waals surface area (Å²) < 4.78 is 32.0. The van der Waals surface area contributed by atoms with Crippen molar-refractivity contribution in [2.75, 3.05) is 18.6 Å². The molecular formula is C17H19N5O3S. The molecule has 4 rings (SSSR count). The molecule has 2 aromatic heterocycles. The van der Waals surface area contributed by atoms with Gasteiger partial charge in [0.05, 0.1) is 24.8 Å². The van der Waals surface area contributed by atoms with Crippen molar-refractivity contribution >= 4 is 9.84 Å². The Morgan fingerprint density at radius 2 is 2.08 bits per heavy atom. The van der Waals surface area contributed by atoms with Crippen LogP contribution in [-0.2, 0) is 16.4 Å². The zero-order valence-corrected chi connectivity index (χ0v) is 15.1. The third kappa shape index (κ3) is 3.34. The van der Waals surface area contributed by atoms with E-state index < -0.39 is 9.84 Å². The van der Waals surface area contributed by atoms with Gasteiger partial charge >= 0.3 is 0 Å². The summed E-state index contributed by atoms with van der Waals surface area (Å²) in [4.78, 5) is 4.39.